The molecule has 114 valence electrons. The highest BCUT2D eigenvalue weighted by Crippen LogP contribution is 2.28. The molecule has 0 aliphatic heterocycles. The minimum atomic E-state index is -0.480. The van der Waals surface area contributed by atoms with Crippen LogP contribution in [0.1, 0.15) is 12.8 Å². The van der Waals surface area contributed by atoms with E-state index in [2.05, 4.69) is 0 Å². The van der Waals surface area contributed by atoms with Crippen molar-refractivity contribution in [2.75, 3.05) is 40.6 Å². The van der Waals surface area contributed by atoms with Crippen molar-refractivity contribution >= 4 is 11.9 Å². The molecule has 0 aromatic carbocycles. The van der Waals surface area contributed by atoms with E-state index in [0.29, 0.717) is 26.1 Å². The molecule has 1 aliphatic carbocycles. The number of rotatable bonds is 8. The summed E-state index contributed by atoms with van der Waals surface area (Å²) in [4.78, 5) is 23.9. The second-order valence-electron chi connectivity index (χ2n) is 4.48. The largest absolute Gasteiger partial charge is 0.463 e. The maximum absolute atomic E-state index is 12.0. The third-order valence-corrected chi connectivity index (χ3v) is 3.10. The number of hydrogen-bond donors (Lipinski definition) is 0. The zero-order valence-corrected chi connectivity index (χ0v) is 12.0. The Morgan fingerprint density at radius 3 is 1.60 bits per heavy atom. The van der Waals surface area contributed by atoms with E-state index in [1.54, 1.807) is 0 Å². The smallest absolute Gasteiger partial charge is 0.310 e. The lowest BCUT2D eigenvalue weighted by molar-refractivity contribution is -0.162. The molecule has 0 radical (unpaired) electrons. The van der Waals surface area contributed by atoms with Crippen molar-refractivity contribution < 1.29 is 28.5 Å². The summed E-state index contributed by atoms with van der Waals surface area (Å²) in [6.07, 6.45) is 4.77. The molecule has 0 spiro atoms. The molecule has 6 nitrogen and oxygen atoms in total. The molecule has 1 aliphatic rings. The quantitative estimate of drug-likeness (QED) is 0.376. The molecule has 0 aromatic heterocycles. The lowest BCUT2D eigenvalue weighted by Crippen LogP contribution is -2.34. The maximum Gasteiger partial charge on any atom is 0.310 e. The first-order valence-electron chi connectivity index (χ1n) is 6.66. The van der Waals surface area contributed by atoms with Gasteiger partial charge < -0.3 is 18.9 Å². The fraction of sp³-hybridized carbons (Fsp3) is 0.714. The van der Waals surface area contributed by atoms with Crippen molar-refractivity contribution in [1.82, 2.24) is 0 Å². The Labute approximate surface area is 119 Å². The molecule has 1 rings (SSSR count). The Hall–Kier alpha value is -1.40. The van der Waals surface area contributed by atoms with Crippen LogP contribution in [0.5, 0.6) is 0 Å². The van der Waals surface area contributed by atoms with Gasteiger partial charge >= 0.3 is 11.9 Å². The summed E-state index contributed by atoms with van der Waals surface area (Å²) in [5, 5.41) is 0. The third-order valence-electron chi connectivity index (χ3n) is 3.10. The molecule has 0 fully saturated rings. The van der Waals surface area contributed by atoms with E-state index >= 15 is 0 Å². The van der Waals surface area contributed by atoms with Gasteiger partial charge in [-0.1, -0.05) is 12.2 Å². The standard InChI is InChI=1S/C14H22O6/c1-17-7-9-19-13(15)11-5-3-4-6-12(11)14(16)20-10-8-18-2/h3-4,11-12H,5-10H2,1-2H3. The Balaban J connectivity index is 2.51. The summed E-state index contributed by atoms with van der Waals surface area (Å²) in [6, 6.07) is 0. The predicted octanol–water partition coefficient (Wildman–Crippen LogP) is 0.948. The lowest BCUT2D eigenvalue weighted by atomic mass is 9.83. The highest BCUT2D eigenvalue weighted by Gasteiger charge is 2.36. The highest BCUT2D eigenvalue weighted by molar-refractivity contribution is 5.82. The number of esters is 2. The van der Waals surface area contributed by atoms with Crippen LogP contribution in [-0.2, 0) is 28.5 Å². The van der Waals surface area contributed by atoms with E-state index in [0.717, 1.165) is 0 Å². The number of allylic oxidation sites excluding steroid dienone is 2. The van der Waals surface area contributed by atoms with Gasteiger partial charge in [-0.2, -0.15) is 0 Å². The molecule has 6 heteroatoms. The molecule has 0 N–H and O–H groups in total. The zero-order chi connectivity index (χ0) is 14.8. The summed E-state index contributed by atoms with van der Waals surface area (Å²) >= 11 is 0. The zero-order valence-electron chi connectivity index (χ0n) is 12.0. The molecular formula is C14H22O6. The summed E-state index contributed by atoms with van der Waals surface area (Å²) in [5.41, 5.74) is 0. The first kappa shape index (κ1) is 16.7. The van der Waals surface area contributed by atoms with Gasteiger partial charge in [-0.25, -0.2) is 0 Å². The maximum atomic E-state index is 12.0. The van der Waals surface area contributed by atoms with Crippen molar-refractivity contribution in [1.29, 1.82) is 0 Å². The second kappa shape index (κ2) is 9.50. The van der Waals surface area contributed by atoms with Crippen molar-refractivity contribution in [3.05, 3.63) is 12.2 Å². The van der Waals surface area contributed by atoms with Crippen LogP contribution >= 0.6 is 0 Å². The summed E-state index contributed by atoms with van der Waals surface area (Å²) in [7, 11) is 3.07. The van der Waals surface area contributed by atoms with Gasteiger partial charge in [-0.3, -0.25) is 9.59 Å². The van der Waals surface area contributed by atoms with E-state index in [-0.39, 0.29) is 25.2 Å². The minimum absolute atomic E-state index is 0.195. The first-order chi connectivity index (χ1) is 9.70. The Morgan fingerprint density at radius 2 is 1.25 bits per heavy atom. The van der Waals surface area contributed by atoms with Crippen LogP contribution in [0.15, 0.2) is 12.2 Å². The Bertz CT molecular complexity index is 307. The molecular weight excluding hydrogens is 264 g/mol. The van der Waals surface area contributed by atoms with Gasteiger partial charge in [0, 0.05) is 14.2 Å². The number of carbonyl (C=O) groups excluding carboxylic acids is 2. The first-order valence-corrected chi connectivity index (χ1v) is 6.66. The van der Waals surface area contributed by atoms with E-state index in [9.17, 15) is 9.59 Å². The average molecular weight is 286 g/mol. The fourth-order valence-electron chi connectivity index (χ4n) is 2.00. The van der Waals surface area contributed by atoms with E-state index < -0.39 is 11.8 Å². The van der Waals surface area contributed by atoms with Crippen molar-refractivity contribution in [2.45, 2.75) is 12.8 Å². The van der Waals surface area contributed by atoms with Gasteiger partial charge in [-0.05, 0) is 12.8 Å². The normalized spacial score (nSPS) is 21.5. The molecule has 0 aromatic rings. The molecule has 0 amide bonds. The van der Waals surface area contributed by atoms with E-state index in [4.69, 9.17) is 18.9 Å². The molecule has 0 bridgehead atoms. The van der Waals surface area contributed by atoms with Gasteiger partial charge in [0.2, 0.25) is 0 Å². The molecule has 0 heterocycles. The summed E-state index contributed by atoms with van der Waals surface area (Å²) in [6.45, 7) is 1.08. The number of carbonyl (C=O) groups is 2. The van der Waals surface area contributed by atoms with E-state index in [1.807, 2.05) is 12.2 Å². The van der Waals surface area contributed by atoms with Gasteiger partial charge in [0.05, 0.1) is 25.0 Å². The topological polar surface area (TPSA) is 71.1 Å². The number of hydrogen-bond acceptors (Lipinski definition) is 6. The van der Waals surface area contributed by atoms with Crippen LogP contribution in [0, 0.1) is 11.8 Å². The number of methoxy groups -OCH3 is 2. The van der Waals surface area contributed by atoms with Crippen LogP contribution in [0.3, 0.4) is 0 Å². The van der Waals surface area contributed by atoms with Crippen LogP contribution in [0.4, 0.5) is 0 Å². The summed E-state index contributed by atoms with van der Waals surface area (Å²) in [5.74, 6) is -1.71. The van der Waals surface area contributed by atoms with Crippen LogP contribution in [-0.4, -0.2) is 52.6 Å². The average Bonchev–Trinajstić information content (AvgIpc) is 2.47. The van der Waals surface area contributed by atoms with Crippen LogP contribution in [0.25, 0.3) is 0 Å². The van der Waals surface area contributed by atoms with Crippen LogP contribution < -0.4 is 0 Å². The third kappa shape index (κ3) is 5.30. The minimum Gasteiger partial charge on any atom is -0.463 e. The van der Waals surface area contributed by atoms with E-state index in [1.165, 1.54) is 14.2 Å². The second-order valence-corrected chi connectivity index (χ2v) is 4.48. The summed E-state index contributed by atoms with van der Waals surface area (Å²) < 4.78 is 19.8. The lowest BCUT2D eigenvalue weighted by Gasteiger charge is -2.25. The van der Waals surface area contributed by atoms with Gasteiger partial charge in [0.15, 0.2) is 0 Å². The number of ether oxygens (including phenoxy) is 4. The van der Waals surface area contributed by atoms with Crippen LogP contribution in [0.2, 0.25) is 0 Å². The predicted molar refractivity (Wildman–Crippen MR) is 71.0 cm³/mol. The molecule has 2 unspecified atom stereocenters. The molecule has 0 saturated carbocycles. The highest BCUT2D eigenvalue weighted by atomic mass is 16.6. The van der Waals surface area contributed by atoms with Crippen molar-refractivity contribution in [2.24, 2.45) is 11.8 Å². The van der Waals surface area contributed by atoms with Crippen molar-refractivity contribution in [3.63, 3.8) is 0 Å². The molecule has 0 saturated heterocycles. The molecule has 20 heavy (non-hydrogen) atoms. The SMILES string of the molecule is COCCOC(=O)C1CC=CCC1C(=O)OCCOC. The van der Waals surface area contributed by atoms with Gasteiger partial charge in [0.1, 0.15) is 13.2 Å². The Kier molecular flexibility index (Phi) is 7.91. The monoisotopic (exact) mass is 286 g/mol. The van der Waals surface area contributed by atoms with Crippen molar-refractivity contribution in [3.8, 4) is 0 Å². The van der Waals surface area contributed by atoms with Gasteiger partial charge in [-0.15, -0.1) is 0 Å². The fourth-order valence-corrected chi connectivity index (χ4v) is 2.00. The molecule has 2 atom stereocenters. The van der Waals surface area contributed by atoms with Gasteiger partial charge in [0.25, 0.3) is 0 Å². The Morgan fingerprint density at radius 1 is 0.850 bits per heavy atom.